The lowest BCUT2D eigenvalue weighted by atomic mass is 9.76. The molecule has 1 aliphatic heterocycles. The Morgan fingerprint density at radius 1 is 1.21 bits per heavy atom. The summed E-state index contributed by atoms with van der Waals surface area (Å²) >= 11 is 5.86. The van der Waals surface area contributed by atoms with Crippen LogP contribution in [0.3, 0.4) is 0 Å². The number of rotatable bonds is 4. The maximum atomic E-state index is 13.5. The van der Waals surface area contributed by atoms with E-state index < -0.39 is 41.9 Å². The molecule has 2 aliphatic rings. The summed E-state index contributed by atoms with van der Waals surface area (Å²) < 4.78 is 52.4. The molecule has 28 heavy (non-hydrogen) atoms. The molecule has 1 heterocycles. The van der Waals surface area contributed by atoms with Gasteiger partial charge in [-0.1, -0.05) is 17.7 Å². The Hall–Kier alpha value is -2.03. The molecule has 1 saturated carbocycles. The number of hydrogen-bond donors (Lipinski definition) is 3. The van der Waals surface area contributed by atoms with Gasteiger partial charge in [0, 0.05) is 6.54 Å². The lowest BCUT2D eigenvalue weighted by molar-refractivity contribution is -0.184. The molecule has 10 heteroatoms. The Kier molecular flexibility index (Phi) is 6.02. The summed E-state index contributed by atoms with van der Waals surface area (Å²) in [6.07, 6.45) is -3.77. The Balaban J connectivity index is 1.78. The van der Waals surface area contributed by atoms with Crippen LogP contribution in [-0.2, 0) is 4.79 Å². The van der Waals surface area contributed by atoms with Crippen molar-refractivity contribution in [3.63, 3.8) is 0 Å². The first-order valence-electron chi connectivity index (χ1n) is 9.01. The topological polar surface area (TPSA) is 70.2 Å². The van der Waals surface area contributed by atoms with Crippen molar-refractivity contribution in [2.45, 2.75) is 43.9 Å². The van der Waals surface area contributed by atoms with Gasteiger partial charge in [0.25, 0.3) is 0 Å². The highest BCUT2D eigenvalue weighted by Gasteiger charge is 2.43. The fourth-order valence-corrected chi connectivity index (χ4v) is 4.02. The van der Waals surface area contributed by atoms with Crippen molar-refractivity contribution in [1.82, 2.24) is 16.0 Å². The highest BCUT2D eigenvalue weighted by Crippen LogP contribution is 2.43. The minimum absolute atomic E-state index is 0.0306. The zero-order chi connectivity index (χ0) is 20.5. The van der Waals surface area contributed by atoms with Gasteiger partial charge in [-0.25, -0.2) is 9.18 Å². The van der Waals surface area contributed by atoms with Crippen LogP contribution in [0.15, 0.2) is 18.2 Å². The fraction of sp³-hybridized carbons (Fsp3) is 0.556. The quantitative estimate of drug-likeness (QED) is 0.649. The van der Waals surface area contributed by atoms with Crippen molar-refractivity contribution in [3.05, 3.63) is 34.6 Å². The molecule has 1 aromatic carbocycles. The largest absolute Gasteiger partial charge is 0.391 e. The highest BCUT2D eigenvalue weighted by molar-refractivity contribution is 6.30. The van der Waals surface area contributed by atoms with Crippen molar-refractivity contribution in [2.24, 2.45) is 11.8 Å². The van der Waals surface area contributed by atoms with Crippen LogP contribution in [0.5, 0.6) is 0 Å². The Morgan fingerprint density at radius 2 is 1.89 bits per heavy atom. The van der Waals surface area contributed by atoms with Gasteiger partial charge in [0.05, 0.1) is 17.0 Å². The summed E-state index contributed by atoms with van der Waals surface area (Å²) in [7, 11) is 0. The zero-order valence-corrected chi connectivity index (χ0v) is 15.5. The summed E-state index contributed by atoms with van der Waals surface area (Å²) in [6.45, 7) is 0.113. The first kappa shape index (κ1) is 20.7. The summed E-state index contributed by atoms with van der Waals surface area (Å²) in [6, 6.07) is 2.13. The Morgan fingerprint density at radius 3 is 2.43 bits per heavy atom. The minimum atomic E-state index is -4.23. The van der Waals surface area contributed by atoms with Gasteiger partial charge in [0.2, 0.25) is 5.91 Å². The molecule has 154 valence electrons. The summed E-state index contributed by atoms with van der Waals surface area (Å²) in [4.78, 5) is 23.8. The molecule has 1 aliphatic carbocycles. The van der Waals surface area contributed by atoms with Gasteiger partial charge in [0.1, 0.15) is 11.9 Å². The molecule has 1 saturated heterocycles. The zero-order valence-electron chi connectivity index (χ0n) is 14.8. The molecule has 0 radical (unpaired) electrons. The molecule has 3 N–H and O–H groups in total. The lowest BCUT2D eigenvalue weighted by Gasteiger charge is -2.35. The third-order valence-corrected chi connectivity index (χ3v) is 5.68. The van der Waals surface area contributed by atoms with Crippen LogP contribution < -0.4 is 16.0 Å². The van der Waals surface area contributed by atoms with E-state index in [9.17, 15) is 27.2 Å². The monoisotopic (exact) mass is 421 g/mol. The van der Waals surface area contributed by atoms with E-state index in [1.54, 1.807) is 0 Å². The van der Waals surface area contributed by atoms with E-state index in [0.717, 1.165) is 6.07 Å². The van der Waals surface area contributed by atoms with Crippen LogP contribution in [0.25, 0.3) is 0 Å². The van der Waals surface area contributed by atoms with Gasteiger partial charge >= 0.3 is 12.2 Å². The second kappa shape index (κ2) is 8.14. The first-order chi connectivity index (χ1) is 13.1. The first-order valence-corrected chi connectivity index (χ1v) is 9.39. The number of urea groups is 1. The molecule has 5 nitrogen and oxygen atoms in total. The third kappa shape index (κ3) is 4.68. The number of carbonyl (C=O) groups is 2. The molecule has 0 bridgehead atoms. The van der Waals surface area contributed by atoms with Crippen LogP contribution in [0.2, 0.25) is 5.02 Å². The van der Waals surface area contributed by atoms with E-state index >= 15 is 0 Å². The SMILES string of the molecule is O=C1NC[C@@H](C(=O)N[C@@H](c2ccc(F)c(Cl)c2)[C@H]2CC[C@H](C(F)(F)F)CC2)N1. The van der Waals surface area contributed by atoms with Gasteiger partial charge in [0.15, 0.2) is 0 Å². The fourth-order valence-electron chi connectivity index (χ4n) is 3.83. The molecule has 0 aromatic heterocycles. The van der Waals surface area contributed by atoms with Gasteiger partial charge in [-0.05, 0) is 49.3 Å². The maximum absolute atomic E-state index is 13.5. The number of carbonyl (C=O) groups excluding carboxylic acids is 2. The Bertz CT molecular complexity index is 751. The van der Waals surface area contributed by atoms with Crippen LogP contribution in [0, 0.1) is 17.7 Å². The third-order valence-electron chi connectivity index (χ3n) is 5.40. The highest BCUT2D eigenvalue weighted by atomic mass is 35.5. The van der Waals surface area contributed by atoms with Crippen molar-refractivity contribution >= 4 is 23.5 Å². The normalized spacial score (nSPS) is 26.3. The van der Waals surface area contributed by atoms with E-state index in [4.69, 9.17) is 11.6 Å². The van der Waals surface area contributed by atoms with Crippen LogP contribution >= 0.6 is 11.6 Å². The second-order valence-electron chi connectivity index (χ2n) is 7.22. The number of halogens is 5. The molecule has 2 fully saturated rings. The minimum Gasteiger partial charge on any atom is -0.347 e. The predicted molar refractivity (Wildman–Crippen MR) is 94.1 cm³/mol. The number of amides is 3. The average molecular weight is 422 g/mol. The standard InChI is InChI=1S/C18H20ClF4N3O2/c19-12-7-10(3-6-13(12)20)15(26-16(27)14-8-24-17(28)25-14)9-1-4-11(5-2-9)18(21,22)23/h3,6-7,9,11,14-15H,1-2,4-5,8H2,(H,26,27)(H2,24,25,28)/t9-,11-,14-,15+/m0/s1. The molecule has 2 atom stereocenters. The van der Waals surface area contributed by atoms with E-state index in [-0.39, 0.29) is 43.2 Å². The van der Waals surface area contributed by atoms with Crippen molar-refractivity contribution in [2.75, 3.05) is 6.54 Å². The Labute approximate surface area is 164 Å². The molecule has 0 spiro atoms. The van der Waals surface area contributed by atoms with Crippen LogP contribution in [0.1, 0.15) is 37.3 Å². The van der Waals surface area contributed by atoms with Gasteiger partial charge in [-0.2, -0.15) is 13.2 Å². The molecular weight excluding hydrogens is 402 g/mol. The molecule has 1 aromatic rings. The lowest BCUT2D eigenvalue weighted by Crippen LogP contribution is -2.46. The molecular formula is C18H20ClF4N3O2. The maximum Gasteiger partial charge on any atom is 0.391 e. The van der Waals surface area contributed by atoms with Crippen LogP contribution in [0.4, 0.5) is 22.4 Å². The van der Waals surface area contributed by atoms with Crippen molar-refractivity contribution in [1.29, 1.82) is 0 Å². The van der Waals surface area contributed by atoms with E-state index in [0.29, 0.717) is 5.56 Å². The molecule has 3 rings (SSSR count). The van der Waals surface area contributed by atoms with Gasteiger partial charge in [-0.15, -0.1) is 0 Å². The number of hydrogen-bond acceptors (Lipinski definition) is 2. The van der Waals surface area contributed by atoms with E-state index in [2.05, 4.69) is 16.0 Å². The summed E-state index contributed by atoms with van der Waals surface area (Å²) in [5, 5.41) is 7.62. The number of benzene rings is 1. The smallest absolute Gasteiger partial charge is 0.347 e. The van der Waals surface area contributed by atoms with Gasteiger partial charge in [-0.3, -0.25) is 4.79 Å². The van der Waals surface area contributed by atoms with Crippen LogP contribution in [-0.4, -0.2) is 30.7 Å². The summed E-state index contributed by atoms with van der Waals surface area (Å²) in [5.74, 6) is -2.69. The van der Waals surface area contributed by atoms with Gasteiger partial charge < -0.3 is 16.0 Å². The van der Waals surface area contributed by atoms with Crippen molar-refractivity contribution in [3.8, 4) is 0 Å². The summed E-state index contributed by atoms with van der Waals surface area (Å²) in [5.41, 5.74) is 0.521. The van der Waals surface area contributed by atoms with E-state index in [1.807, 2.05) is 0 Å². The number of alkyl halides is 3. The predicted octanol–water partition coefficient (Wildman–Crippen LogP) is 3.69. The second-order valence-corrected chi connectivity index (χ2v) is 7.63. The average Bonchev–Trinajstić information content (AvgIpc) is 3.08. The number of nitrogens with one attached hydrogen (secondary N) is 3. The molecule has 3 amide bonds. The van der Waals surface area contributed by atoms with Crippen molar-refractivity contribution < 1.29 is 27.2 Å². The molecule has 0 unspecified atom stereocenters. The van der Waals surface area contributed by atoms with E-state index in [1.165, 1.54) is 12.1 Å².